The van der Waals surface area contributed by atoms with E-state index in [1.807, 2.05) is 6.92 Å². The number of carbonyl (C=O) groups excluding carboxylic acids is 1. The maximum atomic E-state index is 13.0. The lowest BCUT2D eigenvalue weighted by Gasteiger charge is -2.20. The molecule has 0 spiro atoms. The number of nitrogens with zero attached hydrogens (tertiary/aromatic N) is 1. The van der Waals surface area contributed by atoms with E-state index in [0.717, 1.165) is 25.9 Å². The van der Waals surface area contributed by atoms with E-state index in [1.165, 1.54) is 35.5 Å². The molecule has 0 aromatic heterocycles. The minimum absolute atomic E-state index is 0.126. The number of ether oxygens (including phenoxy) is 1. The average Bonchev–Trinajstić information content (AvgIpc) is 3.08. The number of para-hydroxylation sites is 1. The maximum Gasteiger partial charge on any atom is 0.261 e. The molecule has 0 saturated heterocycles. The van der Waals surface area contributed by atoms with Gasteiger partial charge < -0.3 is 15.0 Å². The van der Waals surface area contributed by atoms with Crippen LogP contribution in [0.25, 0.3) is 0 Å². The zero-order valence-electron chi connectivity index (χ0n) is 15.1. The van der Waals surface area contributed by atoms with Crippen LogP contribution in [0.1, 0.15) is 25.3 Å². The summed E-state index contributed by atoms with van der Waals surface area (Å²) in [7, 11) is 0. The second kappa shape index (κ2) is 8.70. The topological polar surface area (TPSA) is 41.6 Å². The first-order chi connectivity index (χ1) is 12.7. The summed E-state index contributed by atoms with van der Waals surface area (Å²) < 4.78 is 18.6. The van der Waals surface area contributed by atoms with Gasteiger partial charge in [0.15, 0.2) is 6.10 Å². The molecule has 0 unspecified atom stereocenters. The molecule has 1 aliphatic heterocycles. The van der Waals surface area contributed by atoms with Crippen molar-refractivity contribution in [1.29, 1.82) is 0 Å². The molecule has 2 aromatic carbocycles. The molecule has 0 fully saturated rings. The van der Waals surface area contributed by atoms with Crippen LogP contribution < -0.4 is 15.0 Å². The number of carbonyl (C=O) groups is 1. The molecule has 26 heavy (non-hydrogen) atoms. The molecule has 0 bridgehead atoms. The largest absolute Gasteiger partial charge is 0.481 e. The Morgan fingerprint density at radius 2 is 2.00 bits per heavy atom. The molecule has 3 rings (SSSR count). The van der Waals surface area contributed by atoms with Crippen LogP contribution in [0, 0.1) is 5.82 Å². The van der Waals surface area contributed by atoms with Crippen LogP contribution in [-0.4, -0.2) is 31.6 Å². The third-order valence-electron chi connectivity index (χ3n) is 4.64. The van der Waals surface area contributed by atoms with Gasteiger partial charge in [0.2, 0.25) is 0 Å². The fraction of sp³-hybridized carbons (Fsp3) is 0.381. The van der Waals surface area contributed by atoms with Gasteiger partial charge in [-0.05, 0) is 55.2 Å². The maximum absolute atomic E-state index is 13.0. The standard InChI is InChI=1S/C21H25FN2O2/c1-2-20(26-18-10-8-17(22)9-11-18)21(25)23-13-5-14-24-15-12-16-6-3-4-7-19(16)24/h3-4,6-11,20H,2,5,12-15H2,1H3,(H,23,25)/t20-/m1/s1. The van der Waals surface area contributed by atoms with E-state index in [1.54, 1.807) is 0 Å². The molecular weight excluding hydrogens is 331 g/mol. The molecule has 0 radical (unpaired) electrons. The Bertz CT molecular complexity index is 733. The van der Waals surface area contributed by atoms with E-state index in [4.69, 9.17) is 4.74 Å². The fourth-order valence-corrected chi connectivity index (χ4v) is 3.23. The van der Waals surface area contributed by atoms with E-state index in [9.17, 15) is 9.18 Å². The van der Waals surface area contributed by atoms with E-state index >= 15 is 0 Å². The predicted molar refractivity (Wildman–Crippen MR) is 101 cm³/mol. The molecule has 0 saturated carbocycles. The van der Waals surface area contributed by atoms with Crippen molar-refractivity contribution in [2.24, 2.45) is 0 Å². The number of benzene rings is 2. The summed E-state index contributed by atoms with van der Waals surface area (Å²) in [4.78, 5) is 14.7. The predicted octanol–water partition coefficient (Wildman–Crippen LogP) is 3.55. The van der Waals surface area contributed by atoms with Crippen molar-refractivity contribution in [2.75, 3.05) is 24.5 Å². The molecule has 1 N–H and O–H groups in total. The molecular formula is C21H25FN2O2. The zero-order valence-corrected chi connectivity index (χ0v) is 15.1. The number of fused-ring (bicyclic) bond motifs is 1. The minimum atomic E-state index is -0.562. The Kier molecular flexibility index (Phi) is 6.10. The first kappa shape index (κ1) is 18.2. The number of nitrogens with one attached hydrogen (secondary N) is 1. The van der Waals surface area contributed by atoms with Gasteiger partial charge in [-0.3, -0.25) is 4.79 Å². The molecule has 1 heterocycles. The van der Waals surface area contributed by atoms with Crippen LogP contribution >= 0.6 is 0 Å². The van der Waals surface area contributed by atoms with Gasteiger partial charge in [0.25, 0.3) is 5.91 Å². The summed E-state index contributed by atoms with van der Waals surface area (Å²) in [5.41, 5.74) is 2.71. The van der Waals surface area contributed by atoms with Crippen molar-refractivity contribution < 1.29 is 13.9 Å². The van der Waals surface area contributed by atoms with Crippen LogP contribution in [-0.2, 0) is 11.2 Å². The summed E-state index contributed by atoms with van der Waals surface area (Å²) in [6.07, 6.45) is 1.97. The molecule has 4 nitrogen and oxygen atoms in total. The summed E-state index contributed by atoms with van der Waals surface area (Å²) in [5, 5.41) is 2.95. The number of halogens is 1. The molecule has 1 atom stereocenters. The SMILES string of the molecule is CC[C@@H](Oc1ccc(F)cc1)C(=O)NCCCN1CCc2ccccc21. The molecule has 2 aromatic rings. The lowest BCUT2D eigenvalue weighted by Crippen LogP contribution is -2.39. The number of hydrogen-bond acceptors (Lipinski definition) is 3. The third-order valence-corrected chi connectivity index (χ3v) is 4.64. The van der Waals surface area contributed by atoms with E-state index in [0.29, 0.717) is 18.7 Å². The van der Waals surface area contributed by atoms with Crippen molar-refractivity contribution in [1.82, 2.24) is 5.32 Å². The third kappa shape index (κ3) is 4.54. The summed E-state index contributed by atoms with van der Waals surface area (Å²) in [5.74, 6) is 0.0547. The number of rotatable bonds is 8. The Morgan fingerprint density at radius 1 is 1.23 bits per heavy atom. The van der Waals surface area contributed by atoms with Crippen LogP contribution in [0.4, 0.5) is 10.1 Å². The van der Waals surface area contributed by atoms with Crippen molar-refractivity contribution in [3.05, 3.63) is 59.9 Å². The molecule has 5 heteroatoms. The average molecular weight is 356 g/mol. The number of anilines is 1. The minimum Gasteiger partial charge on any atom is -0.481 e. The Labute approximate surface area is 154 Å². The number of hydrogen-bond donors (Lipinski definition) is 1. The van der Waals surface area contributed by atoms with E-state index in [-0.39, 0.29) is 11.7 Å². The van der Waals surface area contributed by atoms with Crippen LogP contribution in [0.5, 0.6) is 5.75 Å². The molecule has 138 valence electrons. The van der Waals surface area contributed by atoms with Gasteiger partial charge >= 0.3 is 0 Å². The first-order valence-corrected chi connectivity index (χ1v) is 9.20. The highest BCUT2D eigenvalue weighted by Crippen LogP contribution is 2.27. The van der Waals surface area contributed by atoms with Crippen LogP contribution in [0.15, 0.2) is 48.5 Å². The lowest BCUT2D eigenvalue weighted by molar-refractivity contribution is -0.128. The quantitative estimate of drug-likeness (QED) is 0.736. The highest BCUT2D eigenvalue weighted by atomic mass is 19.1. The van der Waals surface area contributed by atoms with Gasteiger partial charge in [-0.1, -0.05) is 25.1 Å². The van der Waals surface area contributed by atoms with E-state index in [2.05, 4.69) is 34.5 Å². The van der Waals surface area contributed by atoms with Crippen molar-refractivity contribution in [3.8, 4) is 5.75 Å². The summed E-state index contributed by atoms with van der Waals surface area (Å²) in [6.45, 7) is 4.47. The molecule has 1 amide bonds. The second-order valence-corrected chi connectivity index (χ2v) is 6.48. The summed E-state index contributed by atoms with van der Waals surface area (Å²) >= 11 is 0. The van der Waals surface area contributed by atoms with Crippen LogP contribution in [0.3, 0.4) is 0 Å². The van der Waals surface area contributed by atoms with Gasteiger partial charge in [-0.2, -0.15) is 0 Å². The first-order valence-electron chi connectivity index (χ1n) is 9.20. The highest BCUT2D eigenvalue weighted by molar-refractivity contribution is 5.81. The number of amides is 1. The normalized spacial score (nSPS) is 14.0. The van der Waals surface area contributed by atoms with Crippen molar-refractivity contribution in [3.63, 3.8) is 0 Å². The van der Waals surface area contributed by atoms with Gasteiger partial charge in [0.1, 0.15) is 11.6 Å². The summed E-state index contributed by atoms with van der Waals surface area (Å²) in [6, 6.07) is 14.2. The Morgan fingerprint density at radius 3 is 2.77 bits per heavy atom. The second-order valence-electron chi connectivity index (χ2n) is 6.48. The Hall–Kier alpha value is -2.56. The van der Waals surface area contributed by atoms with E-state index < -0.39 is 6.10 Å². The van der Waals surface area contributed by atoms with Gasteiger partial charge in [0.05, 0.1) is 0 Å². The lowest BCUT2D eigenvalue weighted by atomic mass is 10.2. The zero-order chi connectivity index (χ0) is 18.4. The van der Waals surface area contributed by atoms with Crippen molar-refractivity contribution in [2.45, 2.75) is 32.3 Å². The smallest absolute Gasteiger partial charge is 0.261 e. The monoisotopic (exact) mass is 356 g/mol. The van der Waals surface area contributed by atoms with Gasteiger partial charge in [0, 0.05) is 25.3 Å². The van der Waals surface area contributed by atoms with Gasteiger partial charge in [-0.25, -0.2) is 4.39 Å². The van der Waals surface area contributed by atoms with Crippen molar-refractivity contribution >= 4 is 11.6 Å². The fourth-order valence-electron chi connectivity index (χ4n) is 3.23. The Balaban J connectivity index is 1.42. The molecule has 0 aliphatic carbocycles. The van der Waals surface area contributed by atoms with Crippen LogP contribution in [0.2, 0.25) is 0 Å². The molecule has 1 aliphatic rings. The van der Waals surface area contributed by atoms with Gasteiger partial charge in [-0.15, -0.1) is 0 Å². The highest BCUT2D eigenvalue weighted by Gasteiger charge is 2.19.